The van der Waals surface area contributed by atoms with Gasteiger partial charge in [0.1, 0.15) is 0 Å². The summed E-state index contributed by atoms with van der Waals surface area (Å²) in [5.74, 6) is 0.927. The number of nitrogens with one attached hydrogen (secondary N) is 1. The molecule has 4 aromatic rings. The Morgan fingerprint density at radius 1 is 1.17 bits per heavy atom. The fourth-order valence-electron chi connectivity index (χ4n) is 3.05. The molecule has 2 aromatic heterocycles. The minimum Gasteiger partial charge on any atom is -0.339 e. The first kappa shape index (κ1) is 19.8. The van der Waals surface area contributed by atoms with Crippen molar-refractivity contribution >= 4 is 23.2 Å². The third-order valence-electron chi connectivity index (χ3n) is 4.74. The Bertz CT molecular complexity index is 1210. The van der Waals surface area contributed by atoms with Crippen molar-refractivity contribution in [2.24, 2.45) is 0 Å². The van der Waals surface area contributed by atoms with Crippen molar-refractivity contribution in [1.82, 2.24) is 19.9 Å². The van der Waals surface area contributed by atoms with Crippen LogP contribution < -0.4 is 5.32 Å². The van der Waals surface area contributed by atoms with Gasteiger partial charge in [-0.3, -0.25) is 4.79 Å². The van der Waals surface area contributed by atoms with E-state index in [2.05, 4.69) is 20.6 Å². The van der Waals surface area contributed by atoms with Crippen LogP contribution >= 0.6 is 11.6 Å². The van der Waals surface area contributed by atoms with Gasteiger partial charge in [-0.25, -0.2) is 4.68 Å². The zero-order valence-electron chi connectivity index (χ0n) is 16.8. The van der Waals surface area contributed by atoms with Gasteiger partial charge in [-0.2, -0.15) is 10.1 Å². The first-order valence-corrected chi connectivity index (χ1v) is 9.89. The van der Waals surface area contributed by atoms with Gasteiger partial charge in [-0.1, -0.05) is 23.7 Å². The summed E-state index contributed by atoms with van der Waals surface area (Å²) >= 11 is 5.99. The number of aromatic nitrogens is 4. The SMILES string of the molecule is CCc1nc(-c2ccc(-n3cc(C(=O)Nc4ccc(Cl)cc4C)c(C)n3)cc2)no1. The smallest absolute Gasteiger partial charge is 0.259 e. The van der Waals surface area contributed by atoms with Gasteiger partial charge in [0.25, 0.3) is 5.91 Å². The van der Waals surface area contributed by atoms with E-state index in [0.29, 0.717) is 40.1 Å². The molecule has 0 aliphatic heterocycles. The Morgan fingerprint density at radius 2 is 1.93 bits per heavy atom. The number of hydrogen-bond acceptors (Lipinski definition) is 5. The van der Waals surface area contributed by atoms with Gasteiger partial charge in [0.05, 0.1) is 16.9 Å². The highest BCUT2D eigenvalue weighted by Crippen LogP contribution is 2.22. The average Bonchev–Trinajstić information content (AvgIpc) is 3.37. The predicted molar refractivity (Wildman–Crippen MR) is 115 cm³/mol. The van der Waals surface area contributed by atoms with E-state index in [1.54, 1.807) is 29.9 Å². The summed E-state index contributed by atoms with van der Waals surface area (Å²) in [7, 11) is 0. The van der Waals surface area contributed by atoms with E-state index in [-0.39, 0.29) is 5.91 Å². The van der Waals surface area contributed by atoms with Crippen molar-refractivity contribution in [3.05, 3.63) is 76.4 Å². The number of carbonyl (C=O) groups excluding carboxylic acids is 1. The molecule has 8 heteroatoms. The molecule has 30 heavy (non-hydrogen) atoms. The van der Waals surface area contributed by atoms with Crippen molar-refractivity contribution in [1.29, 1.82) is 0 Å². The summed E-state index contributed by atoms with van der Waals surface area (Å²) in [5.41, 5.74) is 4.41. The van der Waals surface area contributed by atoms with Gasteiger partial charge in [0.15, 0.2) is 0 Å². The molecule has 0 saturated heterocycles. The number of carbonyl (C=O) groups is 1. The predicted octanol–water partition coefficient (Wildman–Crippen LogP) is 5.01. The number of benzene rings is 2. The molecule has 0 unspecified atom stereocenters. The van der Waals surface area contributed by atoms with Crippen LogP contribution in [0.1, 0.15) is 34.4 Å². The monoisotopic (exact) mass is 421 g/mol. The lowest BCUT2D eigenvalue weighted by Crippen LogP contribution is -2.13. The summed E-state index contributed by atoms with van der Waals surface area (Å²) in [4.78, 5) is 17.1. The van der Waals surface area contributed by atoms with Gasteiger partial charge < -0.3 is 9.84 Å². The molecule has 0 radical (unpaired) electrons. The van der Waals surface area contributed by atoms with Crippen molar-refractivity contribution in [2.75, 3.05) is 5.32 Å². The van der Waals surface area contributed by atoms with Gasteiger partial charge in [0.2, 0.25) is 11.7 Å². The Labute approximate surface area is 178 Å². The molecule has 1 N–H and O–H groups in total. The standard InChI is InChI=1S/C22H20ClN5O2/c1-4-20-25-21(27-30-20)15-5-8-17(9-6-15)28-12-18(14(3)26-28)22(29)24-19-10-7-16(23)11-13(19)2/h5-12H,4H2,1-3H3,(H,24,29). The number of rotatable bonds is 5. The highest BCUT2D eigenvalue weighted by Gasteiger charge is 2.16. The lowest BCUT2D eigenvalue weighted by atomic mass is 10.2. The van der Waals surface area contributed by atoms with Crippen molar-refractivity contribution in [2.45, 2.75) is 27.2 Å². The van der Waals surface area contributed by atoms with Crippen LogP contribution in [0.3, 0.4) is 0 Å². The van der Waals surface area contributed by atoms with E-state index in [1.807, 2.05) is 44.2 Å². The van der Waals surface area contributed by atoms with Crippen LogP contribution in [-0.4, -0.2) is 25.8 Å². The van der Waals surface area contributed by atoms with Crippen molar-refractivity contribution in [3.63, 3.8) is 0 Å². The minimum atomic E-state index is -0.223. The number of nitrogens with zero attached hydrogens (tertiary/aromatic N) is 4. The average molecular weight is 422 g/mol. The Morgan fingerprint density at radius 3 is 2.60 bits per heavy atom. The Kier molecular flexibility index (Phi) is 5.37. The number of amides is 1. The third-order valence-corrected chi connectivity index (χ3v) is 4.98. The number of aryl methyl sites for hydroxylation is 3. The molecule has 2 aromatic carbocycles. The summed E-state index contributed by atoms with van der Waals surface area (Å²) in [5, 5.41) is 12.0. The number of anilines is 1. The molecule has 0 saturated carbocycles. The molecule has 0 aliphatic carbocycles. The summed E-state index contributed by atoms with van der Waals surface area (Å²) in [6.45, 7) is 5.66. The molecule has 1 amide bonds. The fourth-order valence-corrected chi connectivity index (χ4v) is 3.28. The van der Waals surface area contributed by atoms with E-state index in [4.69, 9.17) is 16.1 Å². The van der Waals surface area contributed by atoms with Crippen molar-refractivity contribution in [3.8, 4) is 17.1 Å². The molecule has 4 rings (SSSR count). The lowest BCUT2D eigenvalue weighted by Gasteiger charge is -2.08. The van der Waals surface area contributed by atoms with Crippen LogP contribution in [0.2, 0.25) is 5.02 Å². The molecular formula is C22H20ClN5O2. The van der Waals surface area contributed by atoms with Gasteiger partial charge in [-0.05, 0) is 61.9 Å². The quantitative estimate of drug-likeness (QED) is 0.489. The van der Waals surface area contributed by atoms with E-state index in [0.717, 1.165) is 16.8 Å². The maximum absolute atomic E-state index is 12.8. The Hall–Kier alpha value is -3.45. The second kappa shape index (κ2) is 8.12. The van der Waals surface area contributed by atoms with Gasteiger partial charge in [-0.15, -0.1) is 0 Å². The normalized spacial score (nSPS) is 10.9. The van der Waals surface area contributed by atoms with E-state index >= 15 is 0 Å². The molecule has 7 nitrogen and oxygen atoms in total. The summed E-state index contributed by atoms with van der Waals surface area (Å²) < 4.78 is 6.84. The first-order chi connectivity index (χ1) is 14.4. The molecule has 0 fully saturated rings. The van der Waals surface area contributed by atoms with Gasteiger partial charge in [0, 0.05) is 28.9 Å². The molecule has 0 spiro atoms. The number of hydrogen-bond donors (Lipinski definition) is 1. The van der Waals surface area contributed by atoms with Crippen LogP contribution in [0.5, 0.6) is 0 Å². The third kappa shape index (κ3) is 3.97. The second-order valence-electron chi connectivity index (χ2n) is 6.90. The molecule has 0 atom stereocenters. The zero-order valence-corrected chi connectivity index (χ0v) is 17.6. The van der Waals surface area contributed by atoms with Crippen LogP contribution in [0.15, 0.2) is 53.2 Å². The van der Waals surface area contributed by atoms with E-state index in [1.165, 1.54) is 0 Å². The molecule has 2 heterocycles. The topological polar surface area (TPSA) is 85.8 Å². The number of halogens is 1. The zero-order chi connectivity index (χ0) is 21.3. The summed E-state index contributed by atoms with van der Waals surface area (Å²) in [6.07, 6.45) is 2.41. The second-order valence-corrected chi connectivity index (χ2v) is 7.33. The van der Waals surface area contributed by atoms with Crippen LogP contribution in [0.25, 0.3) is 17.1 Å². The molecule has 0 bridgehead atoms. The van der Waals surface area contributed by atoms with E-state index < -0.39 is 0 Å². The van der Waals surface area contributed by atoms with Crippen molar-refractivity contribution < 1.29 is 9.32 Å². The van der Waals surface area contributed by atoms with Crippen LogP contribution in [0.4, 0.5) is 5.69 Å². The van der Waals surface area contributed by atoms with Gasteiger partial charge >= 0.3 is 0 Å². The molecular weight excluding hydrogens is 402 g/mol. The maximum atomic E-state index is 12.8. The fraction of sp³-hybridized carbons (Fsp3) is 0.182. The Balaban J connectivity index is 1.55. The largest absolute Gasteiger partial charge is 0.339 e. The minimum absolute atomic E-state index is 0.223. The lowest BCUT2D eigenvalue weighted by molar-refractivity contribution is 0.102. The first-order valence-electron chi connectivity index (χ1n) is 9.51. The summed E-state index contributed by atoms with van der Waals surface area (Å²) in [6, 6.07) is 12.9. The highest BCUT2D eigenvalue weighted by atomic mass is 35.5. The molecule has 0 aliphatic rings. The maximum Gasteiger partial charge on any atom is 0.259 e. The van der Waals surface area contributed by atoms with E-state index in [9.17, 15) is 4.79 Å². The van der Waals surface area contributed by atoms with Crippen LogP contribution in [0, 0.1) is 13.8 Å². The van der Waals surface area contributed by atoms with Crippen LogP contribution in [-0.2, 0) is 6.42 Å². The highest BCUT2D eigenvalue weighted by molar-refractivity contribution is 6.30. The molecule has 152 valence electrons.